The molecule has 2 rings (SSSR count). The van der Waals surface area contributed by atoms with Crippen molar-refractivity contribution < 1.29 is 14.3 Å². The smallest absolute Gasteiger partial charge is 0.245 e. The quantitative estimate of drug-likeness (QED) is 0.846. The summed E-state index contributed by atoms with van der Waals surface area (Å²) < 4.78 is 6.13. The van der Waals surface area contributed by atoms with Gasteiger partial charge in [0.2, 0.25) is 11.8 Å². The standard InChI is InChI=1S/C18H32N2O3/c1-5-9-19-17(22)15-12-23-18(8-6-7-14(4)11-18)20(15)16(21)10-13(2)3/h13-15H,5-12H2,1-4H3,(H,19,22)/t14-,15+,18+/m0/s1. The third kappa shape index (κ3) is 4.06. The molecule has 2 amide bonds. The second-order valence-electron chi connectivity index (χ2n) is 7.63. The van der Waals surface area contributed by atoms with Crippen LogP contribution in [0.15, 0.2) is 0 Å². The molecule has 5 nitrogen and oxygen atoms in total. The van der Waals surface area contributed by atoms with Gasteiger partial charge in [-0.2, -0.15) is 0 Å². The zero-order chi connectivity index (χ0) is 17.0. The summed E-state index contributed by atoms with van der Waals surface area (Å²) in [4.78, 5) is 27.2. The Morgan fingerprint density at radius 1 is 1.39 bits per heavy atom. The lowest BCUT2D eigenvalue weighted by molar-refractivity contribution is -0.163. The Hall–Kier alpha value is -1.10. The van der Waals surface area contributed by atoms with Crippen molar-refractivity contribution in [1.82, 2.24) is 10.2 Å². The minimum absolute atomic E-state index is 0.0586. The van der Waals surface area contributed by atoms with E-state index in [1.165, 1.54) is 6.42 Å². The van der Waals surface area contributed by atoms with E-state index < -0.39 is 11.8 Å². The molecule has 2 aliphatic rings. The maximum atomic E-state index is 12.9. The first kappa shape index (κ1) is 18.2. The number of nitrogens with one attached hydrogen (secondary N) is 1. The number of carbonyl (C=O) groups excluding carboxylic acids is 2. The van der Waals surface area contributed by atoms with Crippen LogP contribution in [0.2, 0.25) is 0 Å². The SMILES string of the molecule is CCCNC(=O)[C@H]1CO[C@@]2(CCC[C@H](C)C2)N1C(=O)CC(C)C. The maximum Gasteiger partial charge on any atom is 0.245 e. The van der Waals surface area contributed by atoms with E-state index in [0.717, 1.165) is 25.7 Å². The van der Waals surface area contributed by atoms with Gasteiger partial charge in [-0.3, -0.25) is 14.5 Å². The highest BCUT2D eigenvalue weighted by Crippen LogP contribution is 2.43. The summed E-state index contributed by atoms with van der Waals surface area (Å²) in [5.74, 6) is 0.790. The molecule has 0 unspecified atom stereocenters. The van der Waals surface area contributed by atoms with E-state index in [0.29, 0.717) is 25.5 Å². The van der Waals surface area contributed by atoms with Gasteiger partial charge in [-0.15, -0.1) is 0 Å². The van der Waals surface area contributed by atoms with E-state index >= 15 is 0 Å². The van der Waals surface area contributed by atoms with Gasteiger partial charge in [-0.05, 0) is 37.5 Å². The van der Waals surface area contributed by atoms with Gasteiger partial charge in [0.15, 0.2) is 0 Å². The van der Waals surface area contributed by atoms with E-state index in [9.17, 15) is 9.59 Å². The third-order valence-electron chi connectivity index (χ3n) is 4.90. The predicted molar refractivity (Wildman–Crippen MR) is 89.7 cm³/mol. The molecule has 0 aromatic heterocycles. The number of ether oxygens (including phenoxy) is 1. The van der Waals surface area contributed by atoms with Gasteiger partial charge in [0.25, 0.3) is 0 Å². The zero-order valence-electron chi connectivity index (χ0n) is 15.1. The minimum Gasteiger partial charge on any atom is -0.354 e. The summed E-state index contributed by atoms with van der Waals surface area (Å²) in [5, 5.41) is 2.93. The second kappa shape index (κ2) is 7.65. The fourth-order valence-electron chi connectivity index (χ4n) is 3.90. The zero-order valence-corrected chi connectivity index (χ0v) is 15.1. The fourth-order valence-corrected chi connectivity index (χ4v) is 3.90. The van der Waals surface area contributed by atoms with E-state index in [-0.39, 0.29) is 17.7 Å². The van der Waals surface area contributed by atoms with Gasteiger partial charge >= 0.3 is 0 Å². The Kier molecular flexibility index (Phi) is 6.06. The van der Waals surface area contributed by atoms with Crippen LogP contribution in [-0.2, 0) is 14.3 Å². The van der Waals surface area contributed by atoms with Gasteiger partial charge in [0.1, 0.15) is 11.8 Å². The highest BCUT2D eigenvalue weighted by molar-refractivity contribution is 5.88. The third-order valence-corrected chi connectivity index (χ3v) is 4.90. The lowest BCUT2D eigenvalue weighted by Gasteiger charge is -2.43. The molecule has 0 bridgehead atoms. The van der Waals surface area contributed by atoms with Crippen molar-refractivity contribution in [2.24, 2.45) is 11.8 Å². The van der Waals surface area contributed by atoms with Crippen molar-refractivity contribution in [2.45, 2.75) is 78.0 Å². The van der Waals surface area contributed by atoms with Crippen molar-refractivity contribution >= 4 is 11.8 Å². The van der Waals surface area contributed by atoms with Crippen LogP contribution in [-0.4, -0.2) is 41.6 Å². The van der Waals surface area contributed by atoms with Gasteiger partial charge in [-0.25, -0.2) is 0 Å². The molecule has 1 aliphatic carbocycles. The topological polar surface area (TPSA) is 58.6 Å². The highest BCUT2D eigenvalue weighted by Gasteiger charge is 2.53. The molecule has 0 aromatic rings. The minimum atomic E-state index is -0.558. The maximum absolute atomic E-state index is 12.9. The number of carbonyl (C=O) groups is 2. The van der Waals surface area contributed by atoms with Crippen molar-refractivity contribution in [3.8, 4) is 0 Å². The summed E-state index contributed by atoms with van der Waals surface area (Å²) in [6.07, 6.45) is 5.27. The number of amides is 2. The fraction of sp³-hybridized carbons (Fsp3) is 0.889. The van der Waals surface area contributed by atoms with Gasteiger partial charge < -0.3 is 10.1 Å². The van der Waals surface area contributed by atoms with E-state index in [4.69, 9.17) is 4.74 Å². The average molecular weight is 324 g/mol. The summed E-state index contributed by atoms with van der Waals surface area (Å²) in [5.41, 5.74) is -0.558. The van der Waals surface area contributed by atoms with E-state index in [1.54, 1.807) is 4.90 Å². The Morgan fingerprint density at radius 3 is 2.74 bits per heavy atom. The van der Waals surface area contributed by atoms with Gasteiger partial charge in [0, 0.05) is 13.0 Å². The first-order valence-corrected chi connectivity index (χ1v) is 9.13. The molecule has 2 fully saturated rings. The summed E-state index contributed by atoms with van der Waals surface area (Å²) in [6, 6.07) is -0.474. The normalized spacial score (nSPS) is 30.9. The monoisotopic (exact) mass is 324 g/mol. The van der Waals surface area contributed by atoms with Gasteiger partial charge in [-0.1, -0.05) is 34.1 Å². The van der Waals surface area contributed by atoms with Gasteiger partial charge in [0.05, 0.1) is 6.61 Å². The summed E-state index contributed by atoms with van der Waals surface area (Å²) in [6.45, 7) is 9.28. The highest BCUT2D eigenvalue weighted by atomic mass is 16.5. The van der Waals surface area contributed by atoms with Crippen LogP contribution < -0.4 is 5.32 Å². The van der Waals surface area contributed by atoms with Crippen LogP contribution in [0.4, 0.5) is 0 Å². The predicted octanol–water partition coefficient (Wildman–Crippen LogP) is 2.69. The largest absolute Gasteiger partial charge is 0.354 e. The molecule has 1 N–H and O–H groups in total. The van der Waals surface area contributed by atoms with Crippen LogP contribution in [0.5, 0.6) is 0 Å². The van der Waals surface area contributed by atoms with Crippen molar-refractivity contribution in [3.05, 3.63) is 0 Å². The molecule has 0 radical (unpaired) electrons. The Bertz CT molecular complexity index is 438. The van der Waals surface area contributed by atoms with Crippen LogP contribution in [0.1, 0.15) is 66.2 Å². The number of nitrogens with zero attached hydrogens (tertiary/aromatic N) is 1. The molecule has 23 heavy (non-hydrogen) atoms. The second-order valence-corrected chi connectivity index (χ2v) is 7.63. The lowest BCUT2D eigenvalue weighted by Crippen LogP contribution is -2.57. The van der Waals surface area contributed by atoms with E-state index in [1.807, 2.05) is 20.8 Å². The van der Waals surface area contributed by atoms with Crippen LogP contribution >= 0.6 is 0 Å². The molecule has 132 valence electrons. The number of hydrogen-bond donors (Lipinski definition) is 1. The molecular weight excluding hydrogens is 292 g/mol. The first-order chi connectivity index (χ1) is 10.9. The summed E-state index contributed by atoms with van der Waals surface area (Å²) in [7, 11) is 0. The van der Waals surface area contributed by atoms with Crippen molar-refractivity contribution in [3.63, 3.8) is 0 Å². The molecule has 3 atom stereocenters. The van der Waals surface area contributed by atoms with Crippen molar-refractivity contribution in [2.75, 3.05) is 13.2 Å². The average Bonchev–Trinajstić information content (AvgIpc) is 2.82. The molecule has 1 heterocycles. The number of hydrogen-bond acceptors (Lipinski definition) is 3. The molecular formula is C18H32N2O3. The van der Waals surface area contributed by atoms with Crippen molar-refractivity contribution in [1.29, 1.82) is 0 Å². The molecule has 1 saturated heterocycles. The van der Waals surface area contributed by atoms with Crippen LogP contribution in [0, 0.1) is 11.8 Å². The Morgan fingerprint density at radius 2 is 2.13 bits per heavy atom. The summed E-state index contributed by atoms with van der Waals surface area (Å²) >= 11 is 0. The van der Waals surface area contributed by atoms with Crippen LogP contribution in [0.25, 0.3) is 0 Å². The Labute approximate surface area is 140 Å². The molecule has 5 heteroatoms. The molecule has 0 aromatic carbocycles. The lowest BCUT2D eigenvalue weighted by atomic mass is 9.83. The number of rotatable bonds is 5. The van der Waals surface area contributed by atoms with Crippen LogP contribution in [0.3, 0.4) is 0 Å². The van der Waals surface area contributed by atoms with E-state index in [2.05, 4.69) is 12.2 Å². The molecule has 1 spiro atoms. The molecule has 1 aliphatic heterocycles. The first-order valence-electron chi connectivity index (χ1n) is 9.13. The Balaban J connectivity index is 2.22. The molecule has 1 saturated carbocycles.